The second-order valence-electron chi connectivity index (χ2n) is 7.53. The van der Waals surface area contributed by atoms with Crippen LogP contribution in [0.4, 0.5) is 0 Å². The monoisotopic (exact) mass is 262 g/mol. The number of carbonyl (C=O) groups is 1. The Balaban J connectivity index is 1.46. The minimum Gasteiger partial charge on any atom is -0.339 e. The van der Waals surface area contributed by atoms with E-state index >= 15 is 0 Å². The maximum atomic E-state index is 12.8. The molecule has 1 amide bonds. The summed E-state index contributed by atoms with van der Waals surface area (Å²) in [4.78, 5) is 15.0. The van der Waals surface area contributed by atoms with Gasteiger partial charge in [-0.1, -0.05) is 0 Å². The van der Waals surface area contributed by atoms with Crippen molar-refractivity contribution in [2.75, 3.05) is 13.1 Å². The number of rotatable bonds is 2. The molecular weight excluding hydrogens is 236 g/mol. The highest BCUT2D eigenvalue weighted by Gasteiger charge is 2.68. The summed E-state index contributed by atoms with van der Waals surface area (Å²) >= 11 is 0. The Labute approximate surface area is 115 Å². The van der Waals surface area contributed by atoms with Crippen LogP contribution in [-0.2, 0) is 4.79 Å². The predicted molar refractivity (Wildman–Crippen MR) is 74.3 cm³/mol. The minimum atomic E-state index is 0.408. The number of likely N-dealkylation sites (tertiary alicyclic amines) is 1. The van der Waals surface area contributed by atoms with Gasteiger partial charge in [0.25, 0.3) is 0 Å². The zero-order valence-electron chi connectivity index (χ0n) is 11.9. The van der Waals surface area contributed by atoms with Gasteiger partial charge in [-0.25, -0.2) is 0 Å². The van der Waals surface area contributed by atoms with Crippen LogP contribution >= 0.6 is 0 Å². The standard InChI is InChI=1S/C16H26N2O/c1-9-2-3-10(7-17)8-18(9)16(19)15-13-11-4-5-12(6-11)14(13)15/h9-15H,2-8,17H2,1H3. The van der Waals surface area contributed by atoms with Gasteiger partial charge < -0.3 is 10.6 Å². The van der Waals surface area contributed by atoms with Gasteiger partial charge in [-0.15, -0.1) is 0 Å². The maximum absolute atomic E-state index is 12.8. The van der Waals surface area contributed by atoms with Crippen LogP contribution in [0.25, 0.3) is 0 Å². The predicted octanol–water partition coefficient (Wildman–Crippen LogP) is 1.86. The molecule has 106 valence electrons. The number of hydrogen-bond acceptors (Lipinski definition) is 2. The first-order valence-electron chi connectivity index (χ1n) is 8.21. The summed E-state index contributed by atoms with van der Waals surface area (Å²) in [5.41, 5.74) is 5.81. The number of hydrogen-bond donors (Lipinski definition) is 1. The van der Waals surface area contributed by atoms with E-state index in [-0.39, 0.29) is 0 Å². The molecule has 0 aromatic carbocycles. The second-order valence-corrected chi connectivity index (χ2v) is 7.53. The number of amides is 1. The van der Waals surface area contributed by atoms with Gasteiger partial charge in [0.2, 0.25) is 5.91 Å². The van der Waals surface area contributed by atoms with Crippen LogP contribution in [0.2, 0.25) is 0 Å². The molecule has 4 aliphatic rings. The molecule has 1 heterocycles. The molecule has 0 aromatic rings. The highest BCUT2D eigenvalue weighted by molar-refractivity contribution is 5.83. The Morgan fingerprint density at radius 1 is 1.16 bits per heavy atom. The van der Waals surface area contributed by atoms with Crippen molar-refractivity contribution in [3.8, 4) is 0 Å². The first-order chi connectivity index (χ1) is 9.20. The number of carbonyl (C=O) groups excluding carboxylic acids is 1. The second kappa shape index (κ2) is 4.21. The van der Waals surface area contributed by atoms with Gasteiger partial charge in [-0.3, -0.25) is 4.79 Å². The van der Waals surface area contributed by atoms with Crippen molar-refractivity contribution in [2.45, 2.75) is 45.1 Å². The normalized spacial score (nSPS) is 51.3. The first-order valence-corrected chi connectivity index (χ1v) is 8.21. The van der Waals surface area contributed by atoms with Crippen LogP contribution in [-0.4, -0.2) is 29.9 Å². The molecule has 6 unspecified atom stereocenters. The average molecular weight is 262 g/mol. The third-order valence-electron chi connectivity index (χ3n) is 6.62. The number of fused-ring (bicyclic) bond motifs is 5. The van der Waals surface area contributed by atoms with Crippen LogP contribution < -0.4 is 5.73 Å². The van der Waals surface area contributed by atoms with Crippen molar-refractivity contribution in [2.24, 2.45) is 41.2 Å². The Morgan fingerprint density at radius 2 is 1.84 bits per heavy atom. The molecule has 6 atom stereocenters. The molecule has 3 aliphatic carbocycles. The van der Waals surface area contributed by atoms with Gasteiger partial charge in [0, 0.05) is 18.5 Å². The van der Waals surface area contributed by atoms with Crippen LogP contribution in [0.15, 0.2) is 0 Å². The van der Waals surface area contributed by atoms with E-state index in [0.717, 1.165) is 43.2 Å². The summed E-state index contributed by atoms with van der Waals surface area (Å²) in [6.45, 7) is 3.87. The van der Waals surface area contributed by atoms with E-state index < -0.39 is 0 Å². The fourth-order valence-corrected chi connectivity index (χ4v) is 5.53. The average Bonchev–Trinajstić information content (AvgIpc) is 2.86. The number of nitrogens with zero attached hydrogens (tertiary/aromatic N) is 1. The molecule has 0 radical (unpaired) electrons. The lowest BCUT2D eigenvalue weighted by molar-refractivity contribution is -0.138. The highest BCUT2D eigenvalue weighted by Crippen LogP contribution is 2.69. The molecule has 1 saturated heterocycles. The van der Waals surface area contributed by atoms with Crippen LogP contribution in [0, 0.1) is 35.5 Å². The van der Waals surface area contributed by atoms with Crippen molar-refractivity contribution < 1.29 is 4.79 Å². The largest absolute Gasteiger partial charge is 0.339 e. The van der Waals surface area contributed by atoms with E-state index in [4.69, 9.17) is 5.73 Å². The van der Waals surface area contributed by atoms with E-state index in [9.17, 15) is 4.79 Å². The van der Waals surface area contributed by atoms with Crippen molar-refractivity contribution in [1.82, 2.24) is 4.90 Å². The third-order valence-corrected chi connectivity index (χ3v) is 6.62. The highest BCUT2D eigenvalue weighted by atomic mass is 16.2. The third kappa shape index (κ3) is 1.70. The van der Waals surface area contributed by atoms with Gasteiger partial charge >= 0.3 is 0 Å². The molecule has 2 N–H and O–H groups in total. The summed E-state index contributed by atoms with van der Waals surface area (Å²) in [6, 6.07) is 0.439. The van der Waals surface area contributed by atoms with Crippen molar-refractivity contribution in [3.63, 3.8) is 0 Å². The van der Waals surface area contributed by atoms with E-state index in [1.165, 1.54) is 25.7 Å². The zero-order valence-corrected chi connectivity index (χ0v) is 11.9. The van der Waals surface area contributed by atoms with Gasteiger partial charge in [-0.05, 0) is 75.2 Å². The summed E-state index contributed by atoms with van der Waals surface area (Å²) in [7, 11) is 0. The molecule has 3 saturated carbocycles. The fraction of sp³-hybridized carbons (Fsp3) is 0.938. The van der Waals surface area contributed by atoms with Crippen LogP contribution in [0.5, 0.6) is 0 Å². The lowest BCUT2D eigenvalue weighted by Crippen LogP contribution is -2.48. The molecule has 0 spiro atoms. The van der Waals surface area contributed by atoms with E-state index in [0.29, 0.717) is 23.8 Å². The Morgan fingerprint density at radius 3 is 2.47 bits per heavy atom. The van der Waals surface area contributed by atoms with Gasteiger partial charge in [-0.2, -0.15) is 0 Å². The number of nitrogens with two attached hydrogens (primary N) is 1. The molecule has 1 aliphatic heterocycles. The SMILES string of the molecule is CC1CCC(CN)CN1C(=O)C1C2C3CCC(C3)C12. The molecule has 0 aromatic heterocycles. The Hall–Kier alpha value is -0.570. The molecule has 3 nitrogen and oxygen atoms in total. The van der Waals surface area contributed by atoms with E-state index in [1.54, 1.807) is 0 Å². The lowest BCUT2D eigenvalue weighted by Gasteiger charge is -2.38. The topological polar surface area (TPSA) is 46.3 Å². The quantitative estimate of drug-likeness (QED) is 0.825. The van der Waals surface area contributed by atoms with Crippen LogP contribution in [0.1, 0.15) is 39.0 Å². The summed E-state index contributed by atoms with van der Waals surface area (Å²) in [6.07, 6.45) is 6.57. The summed E-state index contributed by atoms with van der Waals surface area (Å²) in [5, 5.41) is 0. The van der Waals surface area contributed by atoms with Gasteiger partial charge in [0.15, 0.2) is 0 Å². The van der Waals surface area contributed by atoms with E-state index in [1.807, 2.05) is 0 Å². The first kappa shape index (κ1) is 12.2. The Kier molecular flexibility index (Phi) is 2.70. The Bertz CT molecular complexity index is 380. The molecule has 19 heavy (non-hydrogen) atoms. The van der Waals surface area contributed by atoms with Gasteiger partial charge in [0.1, 0.15) is 0 Å². The smallest absolute Gasteiger partial charge is 0.226 e. The minimum absolute atomic E-state index is 0.408. The van der Waals surface area contributed by atoms with Crippen molar-refractivity contribution in [3.05, 3.63) is 0 Å². The van der Waals surface area contributed by atoms with Crippen LogP contribution in [0.3, 0.4) is 0 Å². The molecule has 4 rings (SSSR count). The fourth-order valence-electron chi connectivity index (χ4n) is 5.53. The zero-order chi connectivity index (χ0) is 13.1. The van der Waals surface area contributed by atoms with Crippen molar-refractivity contribution >= 4 is 5.91 Å². The molecule has 4 fully saturated rings. The van der Waals surface area contributed by atoms with Crippen molar-refractivity contribution in [1.29, 1.82) is 0 Å². The maximum Gasteiger partial charge on any atom is 0.226 e. The molecule has 2 bridgehead atoms. The molecular formula is C16H26N2O. The summed E-state index contributed by atoms with van der Waals surface area (Å²) in [5.74, 6) is 4.77. The van der Waals surface area contributed by atoms with Gasteiger partial charge in [0.05, 0.1) is 0 Å². The summed E-state index contributed by atoms with van der Waals surface area (Å²) < 4.78 is 0. The van der Waals surface area contributed by atoms with E-state index in [2.05, 4.69) is 11.8 Å². The molecule has 3 heteroatoms. The lowest BCUT2D eigenvalue weighted by atomic mass is 9.92. The number of piperidine rings is 1.